The second-order valence-electron chi connectivity index (χ2n) is 3.49. The Morgan fingerprint density at radius 1 is 1.33 bits per heavy atom. The van der Waals surface area contributed by atoms with E-state index in [1.807, 2.05) is 13.8 Å². The van der Waals surface area contributed by atoms with Gasteiger partial charge in [-0.15, -0.1) is 16.4 Å². The van der Waals surface area contributed by atoms with Crippen molar-refractivity contribution in [2.45, 2.75) is 20.8 Å². The SMILES string of the molecule is CC(=O)c1sc2nnc(C)c(C)c2c1N. The number of hydrogen-bond acceptors (Lipinski definition) is 5. The number of hydrogen-bond donors (Lipinski definition) is 1. The van der Waals surface area contributed by atoms with Crippen LogP contribution in [0.15, 0.2) is 0 Å². The van der Waals surface area contributed by atoms with Gasteiger partial charge in [0, 0.05) is 12.3 Å². The highest BCUT2D eigenvalue weighted by molar-refractivity contribution is 7.21. The molecular formula is C10H11N3OS. The van der Waals surface area contributed by atoms with Gasteiger partial charge in [0.2, 0.25) is 0 Å². The molecule has 0 spiro atoms. The van der Waals surface area contributed by atoms with Gasteiger partial charge in [0.15, 0.2) is 5.78 Å². The van der Waals surface area contributed by atoms with E-state index in [4.69, 9.17) is 5.73 Å². The number of thiophene rings is 1. The fraction of sp³-hybridized carbons (Fsp3) is 0.300. The molecule has 0 fully saturated rings. The smallest absolute Gasteiger partial charge is 0.171 e. The molecule has 0 aliphatic carbocycles. The molecule has 0 aliphatic rings. The number of carbonyl (C=O) groups is 1. The molecule has 0 atom stereocenters. The molecular weight excluding hydrogens is 210 g/mol. The lowest BCUT2D eigenvalue weighted by Gasteiger charge is -1.99. The maximum atomic E-state index is 11.3. The highest BCUT2D eigenvalue weighted by Crippen LogP contribution is 2.34. The van der Waals surface area contributed by atoms with Crippen LogP contribution < -0.4 is 5.73 Å². The van der Waals surface area contributed by atoms with Gasteiger partial charge in [-0.3, -0.25) is 4.79 Å². The molecule has 0 aliphatic heterocycles. The molecule has 0 bridgehead atoms. The summed E-state index contributed by atoms with van der Waals surface area (Å²) in [5.41, 5.74) is 8.32. The van der Waals surface area contributed by atoms with E-state index in [0.29, 0.717) is 10.6 Å². The molecule has 2 aromatic rings. The molecule has 0 saturated heterocycles. The number of aromatic nitrogens is 2. The van der Waals surface area contributed by atoms with Gasteiger partial charge >= 0.3 is 0 Å². The van der Waals surface area contributed by atoms with Gasteiger partial charge in [-0.05, 0) is 19.4 Å². The summed E-state index contributed by atoms with van der Waals surface area (Å²) in [6.07, 6.45) is 0. The van der Waals surface area contributed by atoms with Crippen LogP contribution in [0.25, 0.3) is 10.2 Å². The van der Waals surface area contributed by atoms with Gasteiger partial charge in [0.25, 0.3) is 0 Å². The van der Waals surface area contributed by atoms with Crippen molar-refractivity contribution in [2.24, 2.45) is 0 Å². The number of rotatable bonds is 1. The third kappa shape index (κ3) is 1.39. The van der Waals surface area contributed by atoms with Crippen LogP contribution in [0.3, 0.4) is 0 Å². The summed E-state index contributed by atoms with van der Waals surface area (Å²) in [4.78, 5) is 12.6. The first-order valence-corrected chi connectivity index (χ1v) is 5.36. The summed E-state index contributed by atoms with van der Waals surface area (Å²) in [6.45, 7) is 5.34. The van der Waals surface area contributed by atoms with E-state index in [9.17, 15) is 4.79 Å². The number of Topliss-reactive ketones (excluding diaryl/α,β-unsaturated/α-hetero) is 1. The van der Waals surface area contributed by atoms with Crippen LogP contribution in [0, 0.1) is 13.8 Å². The van der Waals surface area contributed by atoms with Crippen LogP contribution in [0.1, 0.15) is 27.9 Å². The number of fused-ring (bicyclic) bond motifs is 1. The molecule has 2 aromatic heterocycles. The van der Waals surface area contributed by atoms with Crippen molar-refractivity contribution < 1.29 is 4.79 Å². The summed E-state index contributed by atoms with van der Waals surface area (Å²) >= 11 is 1.31. The maximum absolute atomic E-state index is 11.3. The monoisotopic (exact) mass is 221 g/mol. The zero-order valence-corrected chi connectivity index (χ0v) is 9.60. The third-order valence-electron chi connectivity index (χ3n) is 2.45. The van der Waals surface area contributed by atoms with Gasteiger partial charge in [0.05, 0.1) is 16.3 Å². The van der Waals surface area contributed by atoms with Crippen molar-refractivity contribution in [3.05, 3.63) is 16.1 Å². The Balaban J connectivity index is 2.89. The normalized spacial score (nSPS) is 10.9. The largest absolute Gasteiger partial charge is 0.397 e. The number of ketones is 1. The van der Waals surface area contributed by atoms with Crippen LogP contribution in [-0.4, -0.2) is 16.0 Å². The van der Waals surface area contributed by atoms with Crippen LogP contribution in [0.5, 0.6) is 0 Å². The Morgan fingerprint density at radius 3 is 2.60 bits per heavy atom. The predicted molar refractivity (Wildman–Crippen MR) is 61.3 cm³/mol. The maximum Gasteiger partial charge on any atom is 0.171 e. The van der Waals surface area contributed by atoms with Crippen LogP contribution >= 0.6 is 11.3 Å². The van der Waals surface area contributed by atoms with E-state index >= 15 is 0 Å². The average Bonchev–Trinajstić information content (AvgIpc) is 2.50. The average molecular weight is 221 g/mol. The summed E-state index contributed by atoms with van der Waals surface area (Å²) < 4.78 is 0. The fourth-order valence-electron chi connectivity index (χ4n) is 1.50. The summed E-state index contributed by atoms with van der Waals surface area (Å²) in [5.74, 6) is -0.0208. The molecule has 0 aromatic carbocycles. The topological polar surface area (TPSA) is 68.9 Å². The predicted octanol–water partition coefficient (Wildman–Crippen LogP) is 2.09. The molecule has 4 nitrogen and oxygen atoms in total. The number of nitrogens with zero attached hydrogens (tertiary/aromatic N) is 2. The molecule has 78 valence electrons. The van der Waals surface area contributed by atoms with Crippen LogP contribution in [0.4, 0.5) is 5.69 Å². The van der Waals surface area contributed by atoms with Crippen LogP contribution in [0.2, 0.25) is 0 Å². The molecule has 0 radical (unpaired) electrons. The lowest BCUT2D eigenvalue weighted by atomic mass is 10.1. The quantitative estimate of drug-likeness (QED) is 0.749. The standard InChI is InChI=1S/C10H11N3OS/c1-4-5(2)12-13-10-7(4)8(11)9(15-10)6(3)14/h11H2,1-3H3. The minimum Gasteiger partial charge on any atom is -0.397 e. The Morgan fingerprint density at radius 2 is 2.00 bits per heavy atom. The Hall–Kier alpha value is -1.49. The zero-order chi connectivity index (χ0) is 11.2. The second kappa shape index (κ2) is 3.27. The van der Waals surface area contributed by atoms with E-state index in [0.717, 1.165) is 21.5 Å². The number of nitrogen functional groups attached to an aromatic ring is 1. The molecule has 2 N–H and O–H groups in total. The second-order valence-corrected chi connectivity index (χ2v) is 4.49. The van der Waals surface area contributed by atoms with Gasteiger partial charge in [0.1, 0.15) is 4.83 Å². The minimum atomic E-state index is -0.0208. The first-order chi connectivity index (χ1) is 7.02. The van der Waals surface area contributed by atoms with Crippen LogP contribution in [-0.2, 0) is 0 Å². The number of nitrogens with two attached hydrogens (primary N) is 1. The molecule has 5 heteroatoms. The first kappa shape index (κ1) is 10.0. The van der Waals surface area contributed by atoms with E-state index in [-0.39, 0.29) is 5.78 Å². The van der Waals surface area contributed by atoms with Gasteiger partial charge in [-0.2, -0.15) is 5.10 Å². The lowest BCUT2D eigenvalue weighted by Crippen LogP contribution is -1.96. The summed E-state index contributed by atoms with van der Waals surface area (Å²) in [6, 6.07) is 0. The molecule has 0 unspecified atom stereocenters. The summed E-state index contributed by atoms with van der Waals surface area (Å²) in [5, 5.41) is 8.93. The van der Waals surface area contributed by atoms with E-state index in [2.05, 4.69) is 10.2 Å². The number of aryl methyl sites for hydroxylation is 2. The van der Waals surface area contributed by atoms with Gasteiger partial charge in [-0.25, -0.2) is 0 Å². The minimum absolute atomic E-state index is 0.0208. The lowest BCUT2D eigenvalue weighted by molar-refractivity contribution is 0.102. The Labute approximate surface area is 91.1 Å². The van der Waals surface area contributed by atoms with Gasteiger partial charge in [-0.1, -0.05) is 0 Å². The van der Waals surface area contributed by atoms with Gasteiger partial charge < -0.3 is 5.73 Å². The van der Waals surface area contributed by atoms with E-state index in [1.165, 1.54) is 18.3 Å². The fourth-order valence-corrected chi connectivity index (χ4v) is 2.50. The highest BCUT2D eigenvalue weighted by Gasteiger charge is 2.16. The van der Waals surface area contributed by atoms with Crippen molar-refractivity contribution in [3.8, 4) is 0 Å². The molecule has 0 amide bonds. The van der Waals surface area contributed by atoms with Crippen molar-refractivity contribution in [2.75, 3.05) is 5.73 Å². The highest BCUT2D eigenvalue weighted by atomic mass is 32.1. The third-order valence-corrected chi connectivity index (χ3v) is 3.65. The molecule has 2 rings (SSSR count). The Kier molecular flexibility index (Phi) is 2.19. The van der Waals surface area contributed by atoms with Crippen molar-refractivity contribution >= 4 is 33.0 Å². The Bertz CT molecular complexity index is 559. The molecule has 2 heterocycles. The first-order valence-electron chi connectivity index (χ1n) is 4.55. The van der Waals surface area contributed by atoms with Crippen molar-refractivity contribution in [1.29, 1.82) is 0 Å². The van der Waals surface area contributed by atoms with Crippen molar-refractivity contribution in [1.82, 2.24) is 10.2 Å². The number of carbonyl (C=O) groups excluding carboxylic acids is 1. The van der Waals surface area contributed by atoms with E-state index in [1.54, 1.807) is 0 Å². The zero-order valence-electron chi connectivity index (χ0n) is 8.79. The summed E-state index contributed by atoms with van der Waals surface area (Å²) in [7, 11) is 0. The molecule has 15 heavy (non-hydrogen) atoms. The van der Waals surface area contributed by atoms with E-state index < -0.39 is 0 Å². The number of anilines is 1. The molecule has 0 saturated carbocycles. The van der Waals surface area contributed by atoms with Crippen molar-refractivity contribution in [3.63, 3.8) is 0 Å².